The molecule has 1 fully saturated rings. The molecule has 0 saturated carbocycles. The molecule has 0 unspecified atom stereocenters. The number of hydrogen-bond acceptors (Lipinski definition) is 4. The molecule has 0 radical (unpaired) electrons. The summed E-state index contributed by atoms with van der Waals surface area (Å²) in [4.78, 5) is 29.1. The fourth-order valence-corrected chi connectivity index (χ4v) is 2.38. The molecule has 7 nitrogen and oxygen atoms in total. The lowest BCUT2D eigenvalue weighted by Gasteiger charge is -2.39. The fourth-order valence-electron chi connectivity index (χ4n) is 2.38. The molecule has 1 aliphatic heterocycles. The summed E-state index contributed by atoms with van der Waals surface area (Å²) in [6.45, 7) is 2.80. The third kappa shape index (κ3) is 3.04. The molecule has 1 aliphatic rings. The number of carbonyl (C=O) groups excluding carboxylic acids is 1. The second-order valence-electron chi connectivity index (χ2n) is 4.86. The molecule has 8 heteroatoms. The Morgan fingerprint density at radius 3 is 2.67 bits per heavy atom. The lowest BCUT2D eigenvalue weighted by atomic mass is 10.1. The van der Waals surface area contributed by atoms with E-state index in [4.69, 9.17) is 5.11 Å². The smallest absolute Gasteiger partial charge is 0.407 e. The summed E-state index contributed by atoms with van der Waals surface area (Å²) in [5, 5.41) is 11.3. The first kappa shape index (κ1) is 15.0. The third-order valence-electron chi connectivity index (χ3n) is 3.50. The average molecular weight is 296 g/mol. The summed E-state index contributed by atoms with van der Waals surface area (Å²) in [5.41, 5.74) is 0.288. The van der Waals surface area contributed by atoms with Crippen LogP contribution in [0.15, 0.2) is 12.1 Å². The molecule has 0 spiro atoms. The zero-order chi connectivity index (χ0) is 15.6. The Hall–Kier alpha value is -2.38. The van der Waals surface area contributed by atoms with E-state index in [0.717, 1.165) is 0 Å². The second-order valence-corrected chi connectivity index (χ2v) is 4.86. The number of aromatic nitrogens is 1. The Kier molecular flexibility index (Phi) is 4.25. The number of halogens is 1. The lowest BCUT2D eigenvalue weighted by Crippen LogP contribution is -2.53. The number of amides is 2. The van der Waals surface area contributed by atoms with Gasteiger partial charge in [0.15, 0.2) is 0 Å². The molecule has 0 bridgehead atoms. The monoisotopic (exact) mass is 296 g/mol. The van der Waals surface area contributed by atoms with Crippen LogP contribution in [-0.2, 0) is 0 Å². The number of rotatable bonds is 2. The zero-order valence-corrected chi connectivity index (χ0v) is 11.8. The minimum atomic E-state index is -0.977. The number of nitrogens with zero attached hydrogens (tertiary/aromatic N) is 3. The van der Waals surface area contributed by atoms with Crippen molar-refractivity contribution in [1.82, 2.24) is 15.2 Å². The highest BCUT2D eigenvalue weighted by molar-refractivity contribution is 5.92. The first-order valence-electron chi connectivity index (χ1n) is 6.57. The standard InChI is InChI=1S/C13H17FN4O3/c1-8-7-17(13(20)21)5-6-18(8)10-4-3-9(12(19)15-2)16-11(10)14/h3-4,8H,5-7H2,1-2H3,(H,15,19)(H,20,21)/t8-/m1/s1. The summed E-state index contributed by atoms with van der Waals surface area (Å²) in [7, 11) is 1.45. The summed E-state index contributed by atoms with van der Waals surface area (Å²) in [5.74, 6) is -1.18. The average Bonchev–Trinajstić information content (AvgIpc) is 2.46. The van der Waals surface area contributed by atoms with Crippen molar-refractivity contribution in [2.24, 2.45) is 0 Å². The lowest BCUT2D eigenvalue weighted by molar-refractivity contribution is 0.0956. The predicted molar refractivity (Wildman–Crippen MR) is 74.0 cm³/mol. The first-order valence-corrected chi connectivity index (χ1v) is 6.57. The van der Waals surface area contributed by atoms with Crippen molar-refractivity contribution < 1.29 is 19.1 Å². The van der Waals surface area contributed by atoms with Crippen LogP contribution in [0.1, 0.15) is 17.4 Å². The number of carbonyl (C=O) groups is 2. The maximum Gasteiger partial charge on any atom is 0.407 e. The van der Waals surface area contributed by atoms with Gasteiger partial charge in [0.25, 0.3) is 5.91 Å². The highest BCUT2D eigenvalue weighted by Crippen LogP contribution is 2.23. The number of pyridine rings is 1. The maximum absolute atomic E-state index is 14.1. The number of anilines is 1. The SMILES string of the molecule is CNC(=O)c1ccc(N2CCN(C(=O)O)C[C@H]2C)c(F)n1. The van der Waals surface area contributed by atoms with E-state index in [1.54, 1.807) is 4.90 Å². The number of hydrogen-bond donors (Lipinski definition) is 2. The van der Waals surface area contributed by atoms with Crippen LogP contribution < -0.4 is 10.2 Å². The molecular weight excluding hydrogens is 279 g/mol. The molecule has 2 heterocycles. The van der Waals surface area contributed by atoms with E-state index in [2.05, 4.69) is 10.3 Å². The van der Waals surface area contributed by atoms with Crippen LogP contribution in [0.4, 0.5) is 14.9 Å². The molecular formula is C13H17FN4O3. The van der Waals surface area contributed by atoms with Crippen molar-refractivity contribution in [2.75, 3.05) is 31.6 Å². The molecule has 1 aromatic heterocycles. The minimum absolute atomic E-state index is 0.00979. The van der Waals surface area contributed by atoms with Gasteiger partial charge >= 0.3 is 6.09 Å². The molecule has 2 amide bonds. The van der Waals surface area contributed by atoms with Gasteiger partial charge in [-0.3, -0.25) is 4.79 Å². The van der Waals surface area contributed by atoms with E-state index in [0.29, 0.717) is 19.6 Å². The summed E-state index contributed by atoms with van der Waals surface area (Å²) in [6, 6.07) is 2.78. The van der Waals surface area contributed by atoms with Gasteiger partial charge in [-0.25, -0.2) is 9.78 Å². The van der Waals surface area contributed by atoms with Crippen LogP contribution in [0.2, 0.25) is 0 Å². The molecule has 1 saturated heterocycles. The molecule has 2 N–H and O–H groups in total. The summed E-state index contributed by atoms with van der Waals surface area (Å²) >= 11 is 0. The largest absolute Gasteiger partial charge is 0.465 e. The van der Waals surface area contributed by atoms with Gasteiger partial charge in [-0.15, -0.1) is 0 Å². The Balaban J connectivity index is 2.19. The van der Waals surface area contributed by atoms with Gasteiger partial charge in [-0.1, -0.05) is 0 Å². The van der Waals surface area contributed by atoms with Crippen molar-refractivity contribution in [2.45, 2.75) is 13.0 Å². The topological polar surface area (TPSA) is 85.8 Å². The normalized spacial score (nSPS) is 18.5. The Labute approximate surface area is 121 Å². The van der Waals surface area contributed by atoms with Gasteiger partial charge in [-0.2, -0.15) is 4.39 Å². The zero-order valence-electron chi connectivity index (χ0n) is 11.8. The van der Waals surface area contributed by atoms with Gasteiger partial charge in [0.1, 0.15) is 5.69 Å². The van der Waals surface area contributed by atoms with Crippen LogP contribution in [0.25, 0.3) is 0 Å². The molecule has 114 valence electrons. The van der Waals surface area contributed by atoms with Crippen molar-refractivity contribution in [1.29, 1.82) is 0 Å². The molecule has 0 aromatic carbocycles. The minimum Gasteiger partial charge on any atom is -0.465 e. The van der Waals surface area contributed by atoms with Crippen LogP contribution in [0.3, 0.4) is 0 Å². The van der Waals surface area contributed by atoms with E-state index < -0.39 is 17.9 Å². The summed E-state index contributed by atoms with van der Waals surface area (Å²) < 4.78 is 14.1. The van der Waals surface area contributed by atoms with E-state index >= 15 is 0 Å². The molecule has 1 atom stereocenters. The van der Waals surface area contributed by atoms with Gasteiger partial charge in [0, 0.05) is 32.7 Å². The highest BCUT2D eigenvalue weighted by atomic mass is 19.1. The van der Waals surface area contributed by atoms with E-state index in [1.807, 2.05) is 6.92 Å². The maximum atomic E-state index is 14.1. The van der Waals surface area contributed by atoms with Crippen molar-refractivity contribution in [3.8, 4) is 0 Å². The molecule has 21 heavy (non-hydrogen) atoms. The van der Waals surface area contributed by atoms with Gasteiger partial charge in [0.05, 0.1) is 5.69 Å². The number of piperazine rings is 1. The number of carboxylic acid groups (broad SMARTS) is 1. The molecule has 0 aliphatic carbocycles. The third-order valence-corrected chi connectivity index (χ3v) is 3.50. The Bertz CT molecular complexity index is 566. The van der Waals surface area contributed by atoms with Gasteiger partial charge in [0.2, 0.25) is 5.95 Å². The van der Waals surface area contributed by atoms with Crippen LogP contribution in [0.5, 0.6) is 0 Å². The fraction of sp³-hybridized carbons (Fsp3) is 0.462. The molecule has 2 rings (SSSR count). The number of nitrogens with one attached hydrogen (secondary N) is 1. The van der Waals surface area contributed by atoms with E-state index in [9.17, 15) is 14.0 Å². The highest BCUT2D eigenvalue weighted by Gasteiger charge is 2.28. The second kappa shape index (κ2) is 5.94. The van der Waals surface area contributed by atoms with Crippen molar-refractivity contribution in [3.05, 3.63) is 23.8 Å². The van der Waals surface area contributed by atoms with Crippen LogP contribution in [0, 0.1) is 5.95 Å². The molecule has 1 aromatic rings. The van der Waals surface area contributed by atoms with Gasteiger partial charge < -0.3 is 20.2 Å². The first-order chi connectivity index (χ1) is 9.93. The van der Waals surface area contributed by atoms with Gasteiger partial charge in [-0.05, 0) is 19.1 Å². The van der Waals surface area contributed by atoms with Crippen LogP contribution >= 0.6 is 0 Å². The van der Waals surface area contributed by atoms with E-state index in [1.165, 1.54) is 24.1 Å². The quantitative estimate of drug-likeness (QED) is 0.787. The van der Waals surface area contributed by atoms with E-state index in [-0.39, 0.29) is 17.4 Å². The Morgan fingerprint density at radius 2 is 2.14 bits per heavy atom. The Morgan fingerprint density at radius 1 is 1.43 bits per heavy atom. The van der Waals surface area contributed by atoms with Crippen LogP contribution in [-0.4, -0.2) is 59.7 Å². The predicted octanol–water partition coefficient (Wildman–Crippen LogP) is 0.769. The van der Waals surface area contributed by atoms with Crippen molar-refractivity contribution in [3.63, 3.8) is 0 Å². The van der Waals surface area contributed by atoms with Crippen molar-refractivity contribution >= 4 is 17.7 Å². The summed E-state index contributed by atoms with van der Waals surface area (Å²) in [6.07, 6.45) is -0.977.